The van der Waals surface area contributed by atoms with Gasteiger partial charge in [-0.1, -0.05) is 19.3 Å². The molecular weight excluding hydrogens is 254 g/mol. The molecule has 0 N–H and O–H groups in total. The summed E-state index contributed by atoms with van der Waals surface area (Å²) >= 11 is 0. The van der Waals surface area contributed by atoms with Crippen LogP contribution in [0.25, 0.3) is 5.65 Å². The number of aromatic nitrogens is 3. The lowest BCUT2D eigenvalue weighted by molar-refractivity contribution is 0.0528. The summed E-state index contributed by atoms with van der Waals surface area (Å²) in [5.41, 5.74) is 2.21. The van der Waals surface area contributed by atoms with Gasteiger partial charge in [-0.05, 0) is 25.8 Å². The van der Waals surface area contributed by atoms with Gasteiger partial charge < -0.3 is 4.74 Å². The molecule has 2 aromatic rings. The highest BCUT2D eigenvalue weighted by molar-refractivity contribution is 5.95. The first kappa shape index (κ1) is 13.1. The van der Waals surface area contributed by atoms with E-state index in [0.29, 0.717) is 23.7 Å². The second kappa shape index (κ2) is 5.61. The maximum Gasteiger partial charge on any atom is 0.343 e. The van der Waals surface area contributed by atoms with E-state index in [-0.39, 0.29) is 5.97 Å². The zero-order valence-electron chi connectivity index (χ0n) is 11.7. The first-order valence-corrected chi connectivity index (χ1v) is 7.31. The van der Waals surface area contributed by atoms with Gasteiger partial charge in [0.05, 0.1) is 12.8 Å². The molecule has 5 heteroatoms. The summed E-state index contributed by atoms with van der Waals surface area (Å²) in [4.78, 5) is 16.2. The highest BCUT2D eigenvalue weighted by Crippen LogP contribution is 2.32. The normalized spacial score (nSPS) is 16.4. The molecule has 0 unspecified atom stereocenters. The van der Waals surface area contributed by atoms with Crippen LogP contribution in [0.3, 0.4) is 0 Å². The summed E-state index contributed by atoms with van der Waals surface area (Å²) in [5, 5.41) is 4.35. The Bertz CT molecular complexity index is 615. The van der Waals surface area contributed by atoms with Gasteiger partial charge in [-0.15, -0.1) is 0 Å². The van der Waals surface area contributed by atoms with Gasteiger partial charge in [0.25, 0.3) is 0 Å². The van der Waals surface area contributed by atoms with Gasteiger partial charge in [0, 0.05) is 17.8 Å². The monoisotopic (exact) mass is 273 g/mol. The summed E-state index contributed by atoms with van der Waals surface area (Å²) < 4.78 is 6.86. The Hall–Kier alpha value is -1.91. The van der Waals surface area contributed by atoms with Crippen LogP contribution < -0.4 is 0 Å². The van der Waals surface area contributed by atoms with Crippen molar-refractivity contribution in [1.29, 1.82) is 0 Å². The van der Waals surface area contributed by atoms with Crippen molar-refractivity contribution in [2.75, 3.05) is 6.61 Å². The average Bonchev–Trinajstić information content (AvgIpc) is 2.92. The van der Waals surface area contributed by atoms with Crippen molar-refractivity contribution in [2.45, 2.75) is 44.9 Å². The number of carbonyl (C=O) groups is 1. The van der Waals surface area contributed by atoms with Gasteiger partial charge in [0.15, 0.2) is 5.65 Å². The van der Waals surface area contributed by atoms with Gasteiger partial charge in [0.2, 0.25) is 0 Å². The standard InChI is InChI=1S/C15H19N3O2/c1-2-20-15(19)12-10-17-18-13(8-9-16-14(12)18)11-6-4-3-5-7-11/h8-11H,2-7H2,1H3. The maximum atomic E-state index is 11.9. The van der Waals surface area contributed by atoms with Gasteiger partial charge in [0.1, 0.15) is 5.56 Å². The summed E-state index contributed by atoms with van der Waals surface area (Å²) in [5.74, 6) is 0.167. The lowest BCUT2D eigenvalue weighted by Crippen LogP contribution is -2.11. The van der Waals surface area contributed by atoms with Gasteiger partial charge >= 0.3 is 5.97 Å². The molecule has 0 bridgehead atoms. The van der Waals surface area contributed by atoms with Crippen molar-refractivity contribution in [2.24, 2.45) is 0 Å². The number of nitrogens with zero attached hydrogens (tertiary/aromatic N) is 3. The van der Waals surface area contributed by atoms with Crippen LogP contribution >= 0.6 is 0 Å². The van der Waals surface area contributed by atoms with E-state index < -0.39 is 0 Å². The Morgan fingerprint density at radius 1 is 1.40 bits per heavy atom. The molecule has 5 nitrogen and oxygen atoms in total. The molecule has 1 saturated carbocycles. The van der Waals surface area contributed by atoms with Crippen molar-refractivity contribution >= 4 is 11.6 Å². The molecule has 1 aliphatic carbocycles. The van der Waals surface area contributed by atoms with E-state index in [0.717, 1.165) is 5.69 Å². The van der Waals surface area contributed by atoms with Gasteiger partial charge in [-0.25, -0.2) is 14.3 Å². The molecule has 0 saturated heterocycles. The summed E-state index contributed by atoms with van der Waals surface area (Å²) in [6.07, 6.45) is 9.55. The van der Waals surface area contributed by atoms with E-state index >= 15 is 0 Å². The Kier molecular flexibility index (Phi) is 3.67. The number of fused-ring (bicyclic) bond motifs is 1. The quantitative estimate of drug-likeness (QED) is 0.807. The predicted octanol–water partition coefficient (Wildman–Crippen LogP) is 2.95. The maximum absolute atomic E-state index is 11.9. The molecule has 1 aliphatic rings. The number of esters is 1. The number of rotatable bonds is 3. The summed E-state index contributed by atoms with van der Waals surface area (Å²) in [7, 11) is 0. The van der Waals surface area contributed by atoms with Crippen LogP contribution in [0.4, 0.5) is 0 Å². The third-order valence-electron chi connectivity index (χ3n) is 3.95. The number of hydrogen-bond donors (Lipinski definition) is 0. The Labute approximate surface area is 118 Å². The molecule has 0 aliphatic heterocycles. The predicted molar refractivity (Wildman–Crippen MR) is 74.8 cm³/mol. The van der Waals surface area contributed by atoms with Crippen LogP contribution in [0.1, 0.15) is 61.0 Å². The zero-order valence-corrected chi connectivity index (χ0v) is 11.7. The van der Waals surface area contributed by atoms with Crippen molar-refractivity contribution in [1.82, 2.24) is 14.6 Å². The molecule has 2 aromatic heterocycles. The first-order chi connectivity index (χ1) is 9.81. The smallest absolute Gasteiger partial charge is 0.343 e. The first-order valence-electron chi connectivity index (χ1n) is 7.31. The van der Waals surface area contributed by atoms with Crippen LogP contribution in [-0.4, -0.2) is 27.2 Å². The number of ether oxygens (including phenoxy) is 1. The third kappa shape index (κ3) is 2.28. The summed E-state index contributed by atoms with van der Waals surface area (Å²) in [6.45, 7) is 2.16. The largest absolute Gasteiger partial charge is 0.462 e. The minimum atomic E-state index is -0.351. The minimum Gasteiger partial charge on any atom is -0.462 e. The molecule has 0 atom stereocenters. The second-order valence-electron chi connectivity index (χ2n) is 5.22. The molecule has 0 amide bonds. The van der Waals surface area contributed by atoms with Crippen LogP contribution in [0.5, 0.6) is 0 Å². The number of carbonyl (C=O) groups excluding carboxylic acids is 1. The lowest BCUT2D eigenvalue weighted by atomic mass is 9.87. The van der Waals surface area contributed by atoms with E-state index in [1.54, 1.807) is 19.3 Å². The molecule has 1 fully saturated rings. The second-order valence-corrected chi connectivity index (χ2v) is 5.22. The molecule has 0 spiro atoms. The van der Waals surface area contributed by atoms with E-state index in [1.165, 1.54) is 32.1 Å². The van der Waals surface area contributed by atoms with Gasteiger partial charge in [-0.2, -0.15) is 5.10 Å². The van der Waals surface area contributed by atoms with Crippen LogP contribution in [0.15, 0.2) is 18.5 Å². The Morgan fingerprint density at radius 2 is 2.20 bits per heavy atom. The van der Waals surface area contributed by atoms with E-state index in [1.807, 2.05) is 10.6 Å². The molecule has 0 radical (unpaired) electrons. The molecule has 20 heavy (non-hydrogen) atoms. The topological polar surface area (TPSA) is 56.5 Å². The highest BCUT2D eigenvalue weighted by atomic mass is 16.5. The van der Waals surface area contributed by atoms with Crippen molar-refractivity contribution in [3.05, 3.63) is 29.7 Å². The molecule has 2 heterocycles. The van der Waals surface area contributed by atoms with E-state index in [2.05, 4.69) is 10.1 Å². The Morgan fingerprint density at radius 3 is 2.95 bits per heavy atom. The molecule has 3 rings (SSSR count). The number of hydrogen-bond acceptors (Lipinski definition) is 4. The average molecular weight is 273 g/mol. The molecule has 0 aromatic carbocycles. The summed E-state index contributed by atoms with van der Waals surface area (Å²) in [6, 6.07) is 2.02. The zero-order chi connectivity index (χ0) is 13.9. The Balaban J connectivity index is 2.00. The van der Waals surface area contributed by atoms with Crippen molar-refractivity contribution < 1.29 is 9.53 Å². The fourth-order valence-corrected chi connectivity index (χ4v) is 2.97. The van der Waals surface area contributed by atoms with Crippen molar-refractivity contribution in [3.63, 3.8) is 0 Å². The van der Waals surface area contributed by atoms with E-state index in [4.69, 9.17) is 4.74 Å². The van der Waals surface area contributed by atoms with Crippen LogP contribution in [0.2, 0.25) is 0 Å². The van der Waals surface area contributed by atoms with Crippen LogP contribution in [-0.2, 0) is 4.74 Å². The fraction of sp³-hybridized carbons (Fsp3) is 0.533. The minimum absolute atomic E-state index is 0.351. The molecule has 106 valence electrons. The molecular formula is C15H19N3O2. The van der Waals surface area contributed by atoms with Crippen LogP contribution in [0, 0.1) is 0 Å². The van der Waals surface area contributed by atoms with Crippen molar-refractivity contribution in [3.8, 4) is 0 Å². The fourth-order valence-electron chi connectivity index (χ4n) is 2.97. The lowest BCUT2D eigenvalue weighted by Gasteiger charge is -2.22. The van der Waals surface area contributed by atoms with Gasteiger partial charge in [-0.3, -0.25) is 0 Å². The van der Waals surface area contributed by atoms with E-state index in [9.17, 15) is 4.79 Å². The third-order valence-corrected chi connectivity index (χ3v) is 3.95. The highest BCUT2D eigenvalue weighted by Gasteiger charge is 2.21. The SMILES string of the molecule is CCOC(=O)c1cnn2c(C3CCCCC3)ccnc12.